The van der Waals surface area contributed by atoms with Gasteiger partial charge in [0.2, 0.25) is 0 Å². The van der Waals surface area contributed by atoms with Crippen LogP contribution in [0.25, 0.3) is 0 Å². The SMILES string of the molecule is CCC(N)c1ccccc1OCc1cc(C)cc(C)c1. The second-order valence-corrected chi connectivity index (χ2v) is 5.34. The first-order chi connectivity index (χ1) is 9.60. The lowest BCUT2D eigenvalue weighted by atomic mass is 10.0. The maximum Gasteiger partial charge on any atom is 0.124 e. The highest BCUT2D eigenvalue weighted by Gasteiger charge is 2.10. The van der Waals surface area contributed by atoms with E-state index in [0.717, 1.165) is 17.7 Å². The average molecular weight is 269 g/mol. The molecule has 0 saturated heterocycles. The largest absolute Gasteiger partial charge is 0.489 e. The molecule has 1 unspecified atom stereocenters. The second-order valence-electron chi connectivity index (χ2n) is 5.34. The molecule has 0 fully saturated rings. The topological polar surface area (TPSA) is 35.2 Å². The maximum absolute atomic E-state index is 6.13. The minimum Gasteiger partial charge on any atom is -0.489 e. The van der Waals surface area contributed by atoms with E-state index in [1.807, 2.05) is 24.3 Å². The number of nitrogens with two attached hydrogens (primary N) is 1. The Kier molecular flexibility index (Phi) is 4.80. The Morgan fingerprint density at radius 2 is 1.70 bits per heavy atom. The second kappa shape index (κ2) is 6.58. The highest BCUT2D eigenvalue weighted by Crippen LogP contribution is 2.26. The summed E-state index contributed by atoms with van der Waals surface area (Å²) in [5.41, 5.74) is 10.9. The van der Waals surface area contributed by atoms with Gasteiger partial charge in [-0.25, -0.2) is 0 Å². The predicted octanol–water partition coefficient (Wildman–Crippen LogP) is 4.29. The monoisotopic (exact) mass is 269 g/mol. The highest BCUT2D eigenvalue weighted by atomic mass is 16.5. The Balaban J connectivity index is 2.14. The van der Waals surface area contributed by atoms with Crippen LogP contribution in [0.4, 0.5) is 0 Å². The van der Waals surface area contributed by atoms with Crippen molar-refractivity contribution in [2.45, 2.75) is 39.8 Å². The van der Waals surface area contributed by atoms with Crippen LogP contribution >= 0.6 is 0 Å². The van der Waals surface area contributed by atoms with Gasteiger partial charge in [0.25, 0.3) is 0 Å². The number of benzene rings is 2. The summed E-state index contributed by atoms with van der Waals surface area (Å²) in [4.78, 5) is 0. The first-order valence-electron chi connectivity index (χ1n) is 7.14. The molecule has 2 heteroatoms. The zero-order chi connectivity index (χ0) is 14.5. The highest BCUT2D eigenvalue weighted by molar-refractivity contribution is 5.36. The van der Waals surface area contributed by atoms with E-state index < -0.39 is 0 Å². The van der Waals surface area contributed by atoms with Gasteiger partial charge in [-0.3, -0.25) is 0 Å². The lowest BCUT2D eigenvalue weighted by Crippen LogP contribution is -2.10. The summed E-state index contributed by atoms with van der Waals surface area (Å²) in [5.74, 6) is 0.890. The summed E-state index contributed by atoms with van der Waals surface area (Å²) in [5, 5.41) is 0. The molecular formula is C18H23NO. The maximum atomic E-state index is 6.13. The Labute approximate surface area is 121 Å². The molecule has 106 valence electrons. The van der Waals surface area contributed by atoms with Crippen molar-refractivity contribution >= 4 is 0 Å². The third kappa shape index (κ3) is 3.61. The molecule has 2 aromatic rings. The first kappa shape index (κ1) is 14.6. The van der Waals surface area contributed by atoms with E-state index in [-0.39, 0.29) is 6.04 Å². The van der Waals surface area contributed by atoms with Gasteiger partial charge in [0.05, 0.1) is 0 Å². The molecule has 0 aromatic heterocycles. The van der Waals surface area contributed by atoms with Gasteiger partial charge < -0.3 is 10.5 Å². The predicted molar refractivity (Wildman–Crippen MR) is 83.9 cm³/mol. The summed E-state index contributed by atoms with van der Waals surface area (Å²) >= 11 is 0. The van der Waals surface area contributed by atoms with Crippen LogP contribution in [0.3, 0.4) is 0 Å². The standard InChI is InChI=1S/C18H23NO/c1-4-17(19)16-7-5-6-8-18(16)20-12-15-10-13(2)9-14(3)11-15/h5-11,17H,4,12,19H2,1-3H3. The van der Waals surface area contributed by atoms with Crippen molar-refractivity contribution in [3.8, 4) is 5.75 Å². The molecule has 2 N–H and O–H groups in total. The van der Waals surface area contributed by atoms with E-state index in [0.29, 0.717) is 6.61 Å². The van der Waals surface area contributed by atoms with E-state index in [1.165, 1.54) is 16.7 Å². The van der Waals surface area contributed by atoms with Gasteiger partial charge in [-0.05, 0) is 31.9 Å². The van der Waals surface area contributed by atoms with Crippen molar-refractivity contribution < 1.29 is 4.74 Å². The van der Waals surface area contributed by atoms with Gasteiger partial charge in [-0.15, -0.1) is 0 Å². The van der Waals surface area contributed by atoms with Crippen molar-refractivity contribution in [1.82, 2.24) is 0 Å². The Bertz CT molecular complexity index is 557. The molecule has 0 aliphatic rings. The fourth-order valence-electron chi connectivity index (χ4n) is 2.45. The normalized spacial score (nSPS) is 12.2. The Hall–Kier alpha value is -1.80. The third-order valence-corrected chi connectivity index (χ3v) is 3.43. The van der Waals surface area contributed by atoms with Crippen molar-refractivity contribution in [2.24, 2.45) is 5.73 Å². The van der Waals surface area contributed by atoms with E-state index in [9.17, 15) is 0 Å². The van der Waals surface area contributed by atoms with Crippen molar-refractivity contribution in [2.75, 3.05) is 0 Å². The van der Waals surface area contributed by atoms with Crippen LogP contribution in [-0.4, -0.2) is 0 Å². The van der Waals surface area contributed by atoms with Crippen LogP contribution in [0.1, 0.15) is 41.6 Å². The van der Waals surface area contributed by atoms with Crippen LogP contribution in [0.2, 0.25) is 0 Å². The molecule has 1 atom stereocenters. The number of hydrogen-bond donors (Lipinski definition) is 1. The number of hydrogen-bond acceptors (Lipinski definition) is 2. The molecular weight excluding hydrogens is 246 g/mol. The van der Waals surface area contributed by atoms with Gasteiger partial charge in [-0.2, -0.15) is 0 Å². The van der Waals surface area contributed by atoms with Crippen LogP contribution in [-0.2, 0) is 6.61 Å². The van der Waals surface area contributed by atoms with E-state index >= 15 is 0 Å². The molecule has 20 heavy (non-hydrogen) atoms. The van der Waals surface area contributed by atoms with Crippen molar-refractivity contribution in [1.29, 1.82) is 0 Å². The van der Waals surface area contributed by atoms with Crippen LogP contribution < -0.4 is 10.5 Å². The molecule has 0 aliphatic heterocycles. The molecule has 0 saturated carbocycles. The molecule has 2 nitrogen and oxygen atoms in total. The van der Waals surface area contributed by atoms with Crippen LogP contribution in [0.5, 0.6) is 5.75 Å². The summed E-state index contributed by atoms with van der Waals surface area (Å²) < 4.78 is 5.98. The number of para-hydroxylation sites is 1. The van der Waals surface area contributed by atoms with E-state index in [2.05, 4.69) is 39.0 Å². The fourth-order valence-corrected chi connectivity index (χ4v) is 2.45. The summed E-state index contributed by atoms with van der Waals surface area (Å²) in [6.07, 6.45) is 0.907. The minimum atomic E-state index is 0.0328. The molecule has 0 radical (unpaired) electrons. The number of ether oxygens (including phenoxy) is 1. The van der Waals surface area contributed by atoms with Gasteiger partial charge >= 0.3 is 0 Å². The lowest BCUT2D eigenvalue weighted by Gasteiger charge is -2.16. The smallest absolute Gasteiger partial charge is 0.124 e. The Morgan fingerprint density at radius 1 is 1.05 bits per heavy atom. The Morgan fingerprint density at radius 3 is 2.35 bits per heavy atom. The molecule has 0 aliphatic carbocycles. The zero-order valence-electron chi connectivity index (χ0n) is 12.5. The summed E-state index contributed by atoms with van der Waals surface area (Å²) in [6.45, 7) is 6.89. The van der Waals surface area contributed by atoms with E-state index in [1.54, 1.807) is 0 Å². The first-order valence-corrected chi connectivity index (χ1v) is 7.14. The van der Waals surface area contributed by atoms with Crippen LogP contribution in [0, 0.1) is 13.8 Å². The fraction of sp³-hybridized carbons (Fsp3) is 0.333. The summed E-state index contributed by atoms with van der Waals surface area (Å²) in [7, 11) is 0. The molecule has 0 bridgehead atoms. The molecule has 0 amide bonds. The molecule has 2 aromatic carbocycles. The molecule has 2 rings (SSSR count). The van der Waals surface area contributed by atoms with Gasteiger partial charge in [-0.1, -0.05) is 54.4 Å². The third-order valence-electron chi connectivity index (χ3n) is 3.43. The number of rotatable bonds is 5. The lowest BCUT2D eigenvalue weighted by molar-refractivity contribution is 0.300. The minimum absolute atomic E-state index is 0.0328. The quantitative estimate of drug-likeness (QED) is 0.878. The zero-order valence-corrected chi connectivity index (χ0v) is 12.5. The van der Waals surface area contributed by atoms with Crippen LogP contribution in [0.15, 0.2) is 42.5 Å². The summed E-state index contributed by atoms with van der Waals surface area (Å²) in [6, 6.07) is 14.6. The van der Waals surface area contributed by atoms with Crippen molar-refractivity contribution in [3.05, 3.63) is 64.7 Å². The number of aryl methyl sites for hydroxylation is 2. The van der Waals surface area contributed by atoms with Gasteiger partial charge in [0.1, 0.15) is 12.4 Å². The molecule has 0 heterocycles. The van der Waals surface area contributed by atoms with E-state index in [4.69, 9.17) is 10.5 Å². The molecule has 0 spiro atoms. The average Bonchev–Trinajstić information content (AvgIpc) is 2.43. The van der Waals surface area contributed by atoms with Crippen molar-refractivity contribution in [3.63, 3.8) is 0 Å². The van der Waals surface area contributed by atoms with Gasteiger partial charge in [0, 0.05) is 11.6 Å². The van der Waals surface area contributed by atoms with Gasteiger partial charge in [0.15, 0.2) is 0 Å².